The number of dihydropyridines is 1. The number of esters is 2. The minimum Gasteiger partial charge on any atom is -0.468 e. The van der Waals surface area contributed by atoms with Crippen LogP contribution in [0.2, 0.25) is 0 Å². The number of nitrogens with one attached hydrogen (secondary N) is 1. The zero-order valence-corrected chi connectivity index (χ0v) is 21.4. The molecule has 1 heterocycles. The van der Waals surface area contributed by atoms with Crippen LogP contribution < -0.4 is 5.32 Å². The highest BCUT2D eigenvalue weighted by molar-refractivity contribution is 7.99. The number of carbonyl (C=O) groups excluding carboxylic acids is 3. The van der Waals surface area contributed by atoms with E-state index in [-0.39, 0.29) is 11.7 Å². The van der Waals surface area contributed by atoms with Crippen molar-refractivity contribution in [2.75, 3.05) is 31.5 Å². The van der Waals surface area contributed by atoms with Gasteiger partial charge in [-0.05, 0) is 49.0 Å². The topological polar surface area (TPSA) is 81.7 Å². The predicted molar refractivity (Wildman–Crippen MR) is 132 cm³/mol. The van der Waals surface area contributed by atoms with Gasteiger partial charge in [-0.2, -0.15) is 11.8 Å². The molecule has 0 amide bonds. The molecular formula is C25H31NO5S2. The molecule has 6 nitrogen and oxygen atoms in total. The minimum absolute atomic E-state index is 0.205. The summed E-state index contributed by atoms with van der Waals surface area (Å²) in [6.45, 7) is 6.07. The normalized spacial score (nSPS) is 22.6. The van der Waals surface area contributed by atoms with Crippen LogP contribution in [0.1, 0.15) is 38.7 Å². The van der Waals surface area contributed by atoms with Crippen molar-refractivity contribution >= 4 is 41.2 Å². The van der Waals surface area contributed by atoms with Crippen LogP contribution in [0.15, 0.2) is 51.7 Å². The van der Waals surface area contributed by atoms with Gasteiger partial charge in [0.25, 0.3) is 0 Å². The smallest absolute Gasteiger partial charge is 0.336 e. The van der Waals surface area contributed by atoms with Crippen molar-refractivity contribution in [3.63, 3.8) is 0 Å². The lowest BCUT2D eigenvalue weighted by atomic mass is 9.69. The van der Waals surface area contributed by atoms with E-state index >= 15 is 0 Å². The van der Waals surface area contributed by atoms with E-state index in [2.05, 4.69) is 12.2 Å². The Kier molecular flexibility index (Phi) is 8.70. The minimum atomic E-state index is -0.889. The molecule has 0 saturated carbocycles. The number of ether oxygens (including phenoxy) is 2. The van der Waals surface area contributed by atoms with E-state index in [4.69, 9.17) is 9.47 Å². The standard InChI is InChI=1S/C25H31NO5S2/c1-6-33-12-11-31-25(29)20-15(3)26-18-13-14(2)19(24(28)30-4)23(27)22(18)21(20)16-7-9-17(32-5)10-8-16/h7-10,14,19,21,26H,6,11-13H2,1-5H3/t14-,19+,21-/m0/s1. The van der Waals surface area contributed by atoms with E-state index in [1.165, 1.54) is 7.11 Å². The average Bonchev–Trinajstić information content (AvgIpc) is 2.80. The number of hydrogen-bond donors (Lipinski definition) is 1. The summed E-state index contributed by atoms with van der Waals surface area (Å²) in [5.74, 6) is -1.31. The van der Waals surface area contributed by atoms with Gasteiger partial charge in [0.1, 0.15) is 12.5 Å². The summed E-state index contributed by atoms with van der Waals surface area (Å²) in [7, 11) is 1.30. The second kappa shape index (κ2) is 11.3. The van der Waals surface area contributed by atoms with Crippen LogP contribution in [0.3, 0.4) is 0 Å². The Morgan fingerprint density at radius 2 is 1.91 bits per heavy atom. The number of ketones is 1. The summed E-state index contributed by atoms with van der Waals surface area (Å²) >= 11 is 3.32. The van der Waals surface area contributed by atoms with Gasteiger partial charge < -0.3 is 14.8 Å². The monoisotopic (exact) mass is 489 g/mol. The molecule has 0 saturated heterocycles. The lowest BCUT2D eigenvalue weighted by Crippen LogP contribution is -2.43. The lowest BCUT2D eigenvalue weighted by Gasteiger charge is -2.38. The predicted octanol–water partition coefficient (Wildman–Crippen LogP) is 4.32. The number of benzene rings is 1. The molecule has 3 atom stereocenters. The maximum Gasteiger partial charge on any atom is 0.336 e. The second-order valence-corrected chi connectivity index (χ2v) is 10.4. The number of rotatable bonds is 8. The fourth-order valence-corrected chi connectivity index (χ4v) is 5.39. The molecule has 1 N–H and O–H groups in total. The molecule has 3 rings (SSSR count). The van der Waals surface area contributed by atoms with Crippen LogP contribution in [-0.2, 0) is 23.9 Å². The highest BCUT2D eigenvalue weighted by Gasteiger charge is 2.47. The third kappa shape index (κ3) is 5.32. The third-order valence-electron chi connectivity index (χ3n) is 6.08. The zero-order valence-electron chi connectivity index (χ0n) is 19.7. The summed E-state index contributed by atoms with van der Waals surface area (Å²) in [4.78, 5) is 40.5. The van der Waals surface area contributed by atoms with Gasteiger partial charge in [-0.25, -0.2) is 4.79 Å². The van der Waals surface area contributed by atoms with Crippen molar-refractivity contribution in [1.82, 2.24) is 5.32 Å². The van der Waals surface area contributed by atoms with Crippen LogP contribution >= 0.6 is 23.5 Å². The molecule has 1 aliphatic carbocycles. The Morgan fingerprint density at radius 3 is 2.52 bits per heavy atom. The van der Waals surface area contributed by atoms with E-state index in [0.717, 1.165) is 21.9 Å². The molecule has 1 aromatic rings. The Morgan fingerprint density at radius 1 is 1.21 bits per heavy atom. The van der Waals surface area contributed by atoms with Crippen LogP contribution in [0.5, 0.6) is 0 Å². The van der Waals surface area contributed by atoms with E-state index in [1.807, 2.05) is 44.4 Å². The van der Waals surface area contributed by atoms with Gasteiger partial charge in [0.2, 0.25) is 0 Å². The number of methoxy groups -OCH3 is 1. The Labute approximate surface area is 203 Å². The summed E-state index contributed by atoms with van der Waals surface area (Å²) in [6, 6.07) is 7.84. The second-order valence-electron chi connectivity index (χ2n) is 8.14. The number of allylic oxidation sites excluding steroid dienone is 3. The first-order valence-electron chi connectivity index (χ1n) is 11.1. The molecule has 33 heavy (non-hydrogen) atoms. The lowest BCUT2D eigenvalue weighted by molar-refractivity contribution is -0.151. The first-order valence-corrected chi connectivity index (χ1v) is 13.4. The summed E-state index contributed by atoms with van der Waals surface area (Å²) in [5, 5.41) is 3.29. The molecule has 0 aromatic heterocycles. The first-order chi connectivity index (χ1) is 15.8. The fraction of sp³-hybridized carbons (Fsp3) is 0.480. The largest absolute Gasteiger partial charge is 0.468 e. The maximum atomic E-state index is 13.7. The molecule has 0 unspecified atom stereocenters. The summed E-state index contributed by atoms with van der Waals surface area (Å²) < 4.78 is 10.5. The molecule has 0 fully saturated rings. The van der Waals surface area contributed by atoms with Crippen LogP contribution in [-0.4, -0.2) is 49.2 Å². The van der Waals surface area contributed by atoms with E-state index in [1.54, 1.807) is 23.5 Å². The maximum absolute atomic E-state index is 13.7. The fourth-order valence-electron chi connectivity index (χ4n) is 4.50. The molecule has 1 aliphatic heterocycles. The number of thioether (sulfide) groups is 2. The summed E-state index contributed by atoms with van der Waals surface area (Å²) in [6.07, 6.45) is 2.52. The van der Waals surface area contributed by atoms with E-state index < -0.39 is 23.8 Å². The van der Waals surface area contributed by atoms with Gasteiger partial charge in [0.05, 0.1) is 12.7 Å². The van der Waals surface area contributed by atoms with Gasteiger partial charge in [0.15, 0.2) is 5.78 Å². The molecule has 8 heteroatoms. The zero-order chi connectivity index (χ0) is 24.1. The number of Topliss-reactive ketones (excluding diaryl/α,β-unsaturated/α-hetero) is 1. The Hall–Kier alpha value is -2.19. The molecule has 0 radical (unpaired) electrons. The van der Waals surface area contributed by atoms with Crippen LogP contribution in [0, 0.1) is 11.8 Å². The molecular weight excluding hydrogens is 458 g/mol. The highest BCUT2D eigenvalue weighted by atomic mass is 32.2. The van der Waals surface area contributed by atoms with Crippen molar-refractivity contribution in [2.45, 2.75) is 38.0 Å². The Bertz CT molecular complexity index is 983. The molecule has 0 spiro atoms. The van der Waals surface area contributed by atoms with Gasteiger partial charge >= 0.3 is 11.9 Å². The Balaban J connectivity index is 2.06. The van der Waals surface area contributed by atoms with Gasteiger partial charge in [-0.15, -0.1) is 11.8 Å². The molecule has 1 aromatic carbocycles. The third-order valence-corrected chi connectivity index (χ3v) is 7.68. The van der Waals surface area contributed by atoms with E-state index in [9.17, 15) is 14.4 Å². The molecule has 178 valence electrons. The molecule has 0 bridgehead atoms. The van der Waals surface area contributed by atoms with Crippen LogP contribution in [0.25, 0.3) is 0 Å². The van der Waals surface area contributed by atoms with Gasteiger partial charge in [-0.1, -0.05) is 26.0 Å². The highest BCUT2D eigenvalue weighted by Crippen LogP contribution is 2.45. The van der Waals surface area contributed by atoms with Crippen molar-refractivity contribution in [3.8, 4) is 0 Å². The quantitative estimate of drug-likeness (QED) is 0.250. The van der Waals surface area contributed by atoms with Crippen LogP contribution in [0.4, 0.5) is 0 Å². The summed E-state index contributed by atoms with van der Waals surface area (Å²) in [5.41, 5.74) is 3.14. The van der Waals surface area contributed by atoms with Crippen molar-refractivity contribution in [1.29, 1.82) is 0 Å². The van der Waals surface area contributed by atoms with E-state index in [0.29, 0.717) is 35.6 Å². The van der Waals surface area contributed by atoms with Crippen molar-refractivity contribution < 1.29 is 23.9 Å². The SMILES string of the molecule is CCSCCOC(=O)C1=C(C)NC2=C(C(=O)[C@H](C(=O)OC)[C@@H](C)C2)[C@H]1c1ccc(SC)cc1. The van der Waals surface area contributed by atoms with Gasteiger partial charge in [0, 0.05) is 33.5 Å². The molecule has 2 aliphatic rings. The first kappa shape index (κ1) is 25.4. The number of hydrogen-bond acceptors (Lipinski definition) is 8. The van der Waals surface area contributed by atoms with Crippen molar-refractivity contribution in [3.05, 3.63) is 52.4 Å². The average molecular weight is 490 g/mol. The number of carbonyl (C=O) groups is 3. The van der Waals surface area contributed by atoms with Gasteiger partial charge in [-0.3, -0.25) is 9.59 Å². The van der Waals surface area contributed by atoms with Crippen molar-refractivity contribution in [2.24, 2.45) is 11.8 Å².